The average molecular weight is 267 g/mol. The summed E-state index contributed by atoms with van der Waals surface area (Å²) in [4.78, 5) is 16.7. The highest BCUT2D eigenvalue weighted by Crippen LogP contribution is 2.22. The number of carbonyl (C=O) groups excluding carboxylic acids is 1. The van der Waals surface area contributed by atoms with E-state index in [4.69, 9.17) is 0 Å². The number of amides is 1. The monoisotopic (exact) mass is 267 g/mol. The van der Waals surface area contributed by atoms with E-state index in [1.54, 1.807) is 0 Å². The summed E-state index contributed by atoms with van der Waals surface area (Å²) in [7, 11) is 2.21. The van der Waals surface area contributed by atoms with Gasteiger partial charge in [0.25, 0.3) is 0 Å². The van der Waals surface area contributed by atoms with E-state index in [1.807, 2.05) is 4.90 Å². The van der Waals surface area contributed by atoms with Crippen molar-refractivity contribution in [3.8, 4) is 0 Å². The number of likely N-dealkylation sites (tertiary alicyclic amines) is 1. The van der Waals surface area contributed by atoms with Gasteiger partial charge in [-0.3, -0.25) is 4.79 Å². The smallest absolute Gasteiger partial charge is 0.239 e. The molecule has 2 rings (SSSR count). The van der Waals surface area contributed by atoms with Crippen molar-refractivity contribution in [1.82, 2.24) is 15.1 Å². The molecule has 0 radical (unpaired) electrons. The third kappa shape index (κ3) is 3.93. The molecule has 0 aromatic heterocycles. The standard InChI is InChI=1S/C15H29N3O/c1-12(2)16-14-8-9-18(15(14)19)11-10-17(3)13-6-4-5-7-13/h12-14,16H,4-11H2,1-3H3. The Bertz CT molecular complexity index is 300. The minimum absolute atomic E-state index is 0.0526. The Balaban J connectivity index is 1.73. The van der Waals surface area contributed by atoms with Crippen molar-refractivity contribution in [2.45, 2.75) is 64.1 Å². The van der Waals surface area contributed by atoms with Gasteiger partial charge in [-0.05, 0) is 26.3 Å². The van der Waals surface area contributed by atoms with Gasteiger partial charge in [-0.15, -0.1) is 0 Å². The summed E-state index contributed by atoms with van der Waals surface area (Å²) in [6, 6.07) is 1.19. The van der Waals surface area contributed by atoms with Crippen molar-refractivity contribution in [1.29, 1.82) is 0 Å². The van der Waals surface area contributed by atoms with E-state index in [0.717, 1.165) is 32.1 Å². The van der Waals surface area contributed by atoms with Crippen molar-refractivity contribution in [3.05, 3.63) is 0 Å². The predicted molar refractivity (Wildman–Crippen MR) is 78.1 cm³/mol. The van der Waals surface area contributed by atoms with E-state index in [0.29, 0.717) is 11.9 Å². The van der Waals surface area contributed by atoms with Crippen LogP contribution in [0, 0.1) is 0 Å². The normalized spacial score (nSPS) is 25.2. The third-order valence-corrected chi connectivity index (χ3v) is 4.50. The van der Waals surface area contributed by atoms with Crippen LogP contribution >= 0.6 is 0 Å². The first-order valence-electron chi connectivity index (χ1n) is 7.83. The lowest BCUT2D eigenvalue weighted by atomic mass is 10.2. The summed E-state index contributed by atoms with van der Waals surface area (Å²) in [5.74, 6) is 0.300. The SMILES string of the molecule is CC(C)NC1CCN(CCN(C)C2CCCC2)C1=O. The zero-order valence-electron chi connectivity index (χ0n) is 12.7. The van der Waals surface area contributed by atoms with E-state index >= 15 is 0 Å². The lowest BCUT2D eigenvalue weighted by Gasteiger charge is -2.27. The maximum Gasteiger partial charge on any atom is 0.239 e. The molecule has 0 aromatic rings. The van der Waals surface area contributed by atoms with Crippen LogP contribution in [0.15, 0.2) is 0 Å². The predicted octanol–water partition coefficient (Wildman–Crippen LogP) is 1.46. The van der Waals surface area contributed by atoms with Gasteiger partial charge in [0.1, 0.15) is 0 Å². The molecule has 1 atom stereocenters. The van der Waals surface area contributed by atoms with Gasteiger partial charge in [0.05, 0.1) is 6.04 Å². The molecule has 1 saturated heterocycles. The fourth-order valence-electron chi connectivity index (χ4n) is 3.32. The van der Waals surface area contributed by atoms with E-state index in [-0.39, 0.29) is 6.04 Å². The van der Waals surface area contributed by atoms with Crippen molar-refractivity contribution in [2.75, 3.05) is 26.7 Å². The zero-order valence-corrected chi connectivity index (χ0v) is 12.7. The highest BCUT2D eigenvalue weighted by Gasteiger charge is 2.31. The molecule has 0 aromatic carbocycles. The molecule has 1 heterocycles. The Kier molecular flexibility index (Phi) is 5.22. The molecule has 0 bridgehead atoms. The van der Waals surface area contributed by atoms with Crippen LogP contribution in [-0.2, 0) is 4.79 Å². The van der Waals surface area contributed by atoms with Crippen LogP contribution in [0.2, 0.25) is 0 Å². The summed E-state index contributed by atoms with van der Waals surface area (Å²) in [5.41, 5.74) is 0. The quantitative estimate of drug-likeness (QED) is 0.791. The number of hydrogen-bond acceptors (Lipinski definition) is 3. The lowest BCUT2D eigenvalue weighted by molar-refractivity contribution is -0.129. The van der Waals surface area contributed by atoms with Crippen LogP contribution in [-0.4, -0.2) is 60.5 Å². The van der Waals surface area contributed by atoms with Gasteiger partial charge in [0.2, 0.25) is 5.91 Å². The van der Waals surface area contributed by atoms with Crippen molar-refractivity contribution >= 4 is 5.91 Å². The number of rotatable bonds is 6. The van der Waals surface area contributed by atoms with Crippen molar-refractivity contribution in [3.63, 3.8) is 0 Å². The van der Waals surface area contributed by atoms with E-state index in [9.17, 15) is 4.79 Å². The summed E-state index contributed by atoms with van der Waals surface area (Å²) in [5, 5.41) is 3.36. The molecule has 110 valence electrons. The molecule has 1 aliphatic heterocycles. The van der Waals surface area contributed by atoms with Crippen LogP contribution in [0.4, 0.5) is 0 Å². The zero-order chi connectivity index (χ0) is 13.8. The molecule has 2 fully saturated rings. The summed E-state index contributed by atoms with van der Waals surface area (Å²) in [6.07, 6.45) is 6.38. The van der Waals surface area contributed by atoms with E-state index in [1.165, 1.54) is 25.7 Å². The minimum atomic E-state index is 0.0526. The molecule has 1 amide bonds. The van der Waals surface area contributed by atoms with Crippen LogP contribution < -0.4 is 5.32 Å². The summed E-state index contributed by atoms with van der Waals surface area (Å²) in [6.45, 7) is 7.03. The van der Waals surface area contributed by atoms with Gasteiger partial charge in [-0.25, -0.2) is 0 Å². The van der Waals surface area contributed by atoms with Gasteiger partial charge in [0, 0.05) is 31.7 Å². The van der Waals surface area contributed by atoms with Gasteiger partial charge >= 0.3 is 0 Å². The second kappa shape index (κ2) is 6.71. The van der Waals surface area contributed by atoms with Gasteiger partial charge in [-0.2, -0.15) is 0 Å². The number of hydrogen-bond donors (Lipinski definition) is 1. The highest BCUT2D eigenvalue weighted by molar-refractivity contribution is 5.84. The molecule has 4 heteroatoms. The topological polar surface area (TPSA) is 35.6 Å². The number of nitrogens with zero attached hydrogens (tertiary/aromatic N) is 2. The Morgan fingerprint density at radius 3 is 2.63 bits per heavy atom. The summed E-state index contributed by atoms with van der Waals surface area (Å²) >= 11 is 0. The number of nitrogens with one attached hydrogen (secondary N) is 1. The molecule has 4 nitrogen and oxygen atoms in total. The molecule has 19 heavy (non-hydrogen) atoms. The highest BCUT2D eigenvalue weighted by atomic mass is 16.2. The van der Waals surface area contributed by atoms with Crippen LogP contribution in [0.25, 0.3) is 0 Å². The summed E-state index contributed by atoms with van der Waals surface area (Å²) < 4.78 is 0. The maximum absolute atomic E-state index is 12.2. The Morgan fingerprint density at radius 1 is 1.32 bits per heavy atom. The van der Waals surface area contributed by atoms with Gasteiger partial charge < -0.3 is 15.1 Å². The number of likely N-dealkylation sites (N-methyl/N-ethyl adjacent to an activating group) is 1. The second-order valence-corrected chi connectivity index (χ2v) is 6.41. The van der Waals surface area contributed by atoms with E-state index in [2.05, 4.69) is 31.1 Å². The molecule has 1 N–H and O–H groups in total. The van der Waals surface area contributed by atoms with Crippen LogP contribution in [0.1, 0.15) is 46.0 Å². The maximum atomic E-state index is 12.2. The lowest BCUT2D eigenvalue weighted by Crippen LogP contribution is -2.43. The van der Waals surface area contributed by atoms with E-state index < -0.39 is 0 Å². The molecule has 0 spiro atoms. The molecule has 1 aliphatic carbocycles. The first kappa shape index (κ1) is 14.8. The fourth-order valence-corrected chi connectivity index (χ4v) is 3.32. The molecular weight excluding hydrogens is 238 g/mol. The molecule has 1 saturated carbocycles. The first-order valence-corrected chi connectivity index (χ1v) is 7.83. The fraction of sp³-hybridized carbons (Fsp3) is 0.933. The molecule has 2 aliphatic rings. The number of carbonyl (C=O) groups is 1. The molecular formula is C15H29N3O. The second-order valence-electron chi connectivity index (χ2n) is 6.41. The minimum Gasteiger partial charge on any atom is -0.340 e. The average Bonchev–Trinajstić information content (AvgIpc) is 2.98. The third-order valence-electron chi connectivity index (χ3n) is 4.50. The Morgan fingerprint density at radius 2 is 2.00 bits per heavy atom. The van der Waals surface area contributed by atoms with Crippen molar-refractivity contribution in [2.24, 2.45) is 0 Å². The van der Waals surface area contributed by atoms with Crippen LogP contribution in [0.5, 0.6) is 0 Å². The van der Waals surface area contributed by atoms with Gasteiger partial charge in [0.15, 0.2) is 0 Å². The molecule has 1 unspecified atom stereocenters. The van der Waals surface area contributed by atoms with Crippen molar-refractivity contribution < 1.29 is 4.79 Å². The largest absolute Gasteiger partial charge is 0.340 e. The van der Waals surface area contributed by atoms with Gasteiger partial charge in [-0.1, -0.05) is 26.7 Å². The Hall–Kier alpha value is -0.610. The first-order chi connectivity index (χ1) is 9.08. The Labute approximate surface area is 117 Å². The van der Waals surface area contributed by atoms with Crippen LogP contribution in [0.3, 0.4) is 0 Å².